The number of ketones is 1. The molecule has 0 spiro atoms. The molecule has 4 saturated heterocycles. The number of aliphatic hydroxyl groups excluding tert-OH is 2. The summed E-state index contributed by atoms with van der Waals surface area (Å²) in [7, 11) is 4.50. The van der Waals surface area contributed by atoms with Gasteiger partial charge in [-0.1, -0.05) is 55.4 Å². The lowest BCUT2D eigenvalue weighted by atomic mass is 9.54. The molecule has 4 aliphatic heterocycles. The van der Waals surface area contributed by atoms with Crippen LogP contribution in [0.25, 0.3) is 0 Å². The first-order valence-corrected chi connectivity index (χ1v) is 40.2. The van der Waals surface area contributed by atoms with Crippen LogP contribution in [0.15, 0.2) is 0 Å². The normalized spacial score (nSPS) is 45.4. The first kappa shape index (κ1) is 75.8. The Labute approximate surface area is 591 Å². The van der Waals surface area contributed by atoms with Gasteiger partial charge >= 0.3 is 23.9 Å². The summed E-state index contributed by atoms with van der Waals surface area (Å²) in [6, 6.07) is 0. The van der Waals surface area contributed by atoms with Crippen molar-refractivity contribution in [3.63, 3.8) is 0 Å². The third-order valence-corrected chi connectivity index (χ3v) is 29.3. The summed E-state index contributed by atoms with van der Waals surface area (Å²) in [4.78, 5) is 60.6. The lowest BCUT2D eigenvalue weighted by Crippen LogP contribution is -2.55. The van der Waals surface area contributed by atoms with Gasteiger partial charge in [-0.2, -0.15) is 0 Å². The van der Waals surface area contributed by atoms with Gasteiger partial charge < -0.3 is 67.1 Å². The Bertz CT molecular complexity index is 2680. The standard InChI is InChI=1S/C25H36O5.C19H32O5.C18H30O5.C18H30O4/c1-3-19-21-13-9-16(22(21)20(4-2)30-19)17(10-13)25(27)29-11-28-24-15-6-12-5-14(8-15)23(26)18(24)7-12;1-4-15-18-12-6-11(7-13(20)9-17(21)23-10-22-3)14(8-12)19(18)16(5-2)24-15;1-4-14-17-10-6-11(13(19)8-16(20)22-9-21-3)12(7-10)18(17)15(5-2)23-14;1-4-14-17-12-8-11(6-7-16(19)21-10-20-3)13(9-12)18(17)15(5-2)22-14/h12-22,24H,3-11H2,1-2H3;11-16,18-20H,4-10H2,1-3H3;10-15,17-19H,4-9H2,1-3H3;11-15,17-18H,4-10H2,1-3H3. The van der Waals surface area contributed by atoms with Crippen LogP contribution in [-0.4, -0.2) is 156 Å². The maximum absolute atomic E-state index is 13.0. The van der Waals surface area contributed by atoms with E-state index in [-0.39, 0.29) is 93.7 Å². The number of carbonyl (C=O) groups excluding carboxylic acids is 5. The number of carbonyl (C=O) groups is 5. The second kappa shape index (κ2) is 33.7. The molecule has 0 radical (unpaired) electrons. The quantitative estimate of drug-likeness (QED) is 0.0421. The van der Waals surface area contributed by atoms with E-state index >= 15 is 0 Å². The van der Waals surface area contributed by atoms with Gasteiger partial charge in [0.25, 0.3) is 0 Å². The zero-order valence-corrected chi connectivity index (χ0v) is 62.0. The first-order chi connectivity index (χ1) is 48.0. The number of Topliss-reactive ketones (excluding diaryl/α,β-unsaturated/α-hetero) is 1. The second-order valence-corrected chi connectivity index (χ2v) is 33.8. The summed E-state index contributed by atoms with van der Waals surface area (Å²) >= 11 is 0. The molecule has 12 aliphatic carbocycles. The topological polar surface area (TPSA) is 237 Å². The molecule has 16 fully saturated rings. The van der Waals surface area contributed by atoms with Gasteiger partial charge in [-0.15, -0.1) is 0 Å². The van der Waals surface area contributed by atoms with E-state index in [4.69, 9.17) is 56.8 Å². The van der Waals surface area contributed by atoms with Gasteiger partial charge in [-0.25, -0.2) is 0 Å². The van der Waals surface area contributed by atoms with Gasteiger partial charge in [-0.3, -0.25) is 24.0 Å². The minimum atomic E-state index is -0.610. The van der Waals surface area contributed by atoms with Crippen LogP contribution in [0.3, 0.4) is 0 Å². The first-order valence-electron chi connectivity index (χ1n) is 40.2. The Balaban J connectivity index is 0.000000126. The number of hydrogen-bond acceptors (Lipinski definition) is 19. The Morgan fingerprint density at radius 3 is 1.39 bits per heavy atom. The van der Waals surface area contributed by atoms with Gasteiger partial charge in [0.15, 0.2) is 27.2 Å². The molecule has 19 heteroatoms. The zero-order chi connectivity index (χ0) is 70.1. The maximum Gasteiger partial charge on any atom is 0.311 e. The molecule has 0 aromatic rings. The van der Waals surface area contributed by atoms with Gasteiger partial charge in [-0.05, 0) is 266 Å². The van der Waals surface area contributed by atoms with Crippen LogP contribution in [0.2, 0.25) is 0 Å². The highest BCUT2D eigenvalue weighted by Crippen LogP contribution is 2.67. The minimum Gasteiger partial charge on any atom is -0.438 e. The molecule has 2 N–H and O–H groups in total. The summed E-state index contributed by atoms with van der Waals surface area (Å²) in [6.07, 6.45) is 26.7. The third kappa shape index (κ3) is 15.3. The molecule has 12 bridgehead atoms. The van der Waals surface area contributed by atoms with Crippen molar-refractivity contribution in [2.75, 3.05) is 48.5 Å². The number of rotatable bonds is 28. The van der Waals surface area contributed by atoms with E-state index in [0.29, 0.717) is 150 Å². The van der Waals surface area contributed by atoms with Gasteiger partial charge in [0.2, 0.25) is 0 Å². The Morgan fingerprint density at radius 2 is 0.869 bits per heavy atom. The average Bonchev–Trinajstić information content (AvgIpc) is 1.60. The van der Waals surface area contributed by atoms with E-state index in [0.717, 1.165) is 132 Å². The van der Waals surface area contributed by atoms with Crippen molar-refractivity contribution in [2.24, 2.45) is 142 Å². The number of methoxy groups -OCH3 is 3. The smallest absolute Gasteiger partial charge is 0.311 e. The van der Waals surface area contributed by atoms with Gasteiger partial charge in [0.05, 0.1) is 85.9 Å². The Hall–Kier alpha value is -2.85. The monoisotopic (exact) mass is 1390 g/mol. The molecule has 0 aromatic heterocycles. The average molecular weight is 1390 g/mol. The van der Waals surface area contributed by atoms with Crippen LogP contribution in [0, 0.1) is 142 Å². The highest BCUT2D eigenvalue weighted by Gasteiger charge is 2.66. The highest BCUT2D eigenvalue weighted by molar-refractivity contribution is 5.86. The zero-order valence-electron chi connectivity index (χ0n) is 62.0. The van der Waals surface area contributed by atoms with E-state index < -0.39 is 12.2 Å². The van der Waals surface area contributed by atoms with Crippen LogP contribution >= 0.6 is 0 Å². The molecule has 99 heavy (non-hydrogen) atoms. The van der Waals surface area contributed by atoms with Crippen molar-refractivity contribution in [2.45, 2.75) is 283 Å². The second-order valence-electron chi connectivity index (χ2n) is 33.8. The van der Waals surface area contributed by atoms with Crippen LogP contribution in [0.1, 0.15) is 216 Å². The predicted molar refractivity (Wildman–Crippen MR) is 366 cm³/mol. The number of fused-ring (bicyclic) bond motifs is 20. The van der Waals surface area contributed by atoms with E-state index in [1.54, 1.807) is 7.11 Å². The van der Waals surface area contributed by atoms with Crippen molar-refractivity contribution >= 4 is 29.7 Å². The maximum atomic E-state index is 13.0. The molecule has 35 atom stereocenters. The molecular weight excluding hydrogens is 1260 g/mol. The number of ether oxygens (including phenoxy) is 12. The molecule has 0 amide bonds. The summed E-state index contributed by atoms with van der Waals surface area (Å²) < 4.78 is 66.1. The van der Waals surface area contributed by atoms with Crippen molar-refractivity contribution in [1.82, 2.24) is 0 Å². The molecule has 35 unspecified atom stereocenters. The number of aliphatic hydroxyl groups is 2. The van der Waals surface area contributed by atoms with Crippen LogP contribution in [-0.2, 0) is 80.8 Å². The van der Waals surface area contributed by atoms with E-state index in [1.165, 1.54) is 52.7 Å². The Kier molecular flexibility index (Phi) is 25.8. The largest absolute Gasteiger partial charge is 0.438 e. The van der Waals surface area contributed by atoms with E-state index in [1.807, 2.05) is 0 Å². The molecule has 16 rings (SSSR count). The summed E-state index contributed by atoms with van der Waals surface area (Å²) in [6.45, 7) is 17.8. The summed E-state index contributed by atoms with van der Waals surface area (Å²) in [5.74, 6) is 12.9. The van der Waals surface area contributed by atoms with Crippen molar-refractivity contribution in [3.8, 4) is 0 Å². The SMILES string of the molecule is CCC1OC(CC)C2C3CC(CC3C(=O)OCOC3C4CC5CC(C4)C(=O)C3C5)C12.CCC1OC(CC)C2C3CC(CC3C(O)CC(=O)OCOC)C12.CCC1OC(CC)C2C3CC(CC3CC(O)CC(=O)OCOC)C12.CCC1OC(CC)C2C3CC(CC3CCC(=O)OCOC)C12. The lowest BCUT2D eigenvalue weighted by Gasteiger charge is -2.52. The predicted octanol–water partition coefficient (Wildman–Crippen LogP) is 12.5. The van der Waals surface area contributed by atoms with Crippen LogP contribution in [0.4, 0.5) is 0 Å². The fourth-order valence-electron chi connectivity index (χ4n) is 26.2. The van der Waals surface area contributed by atoms with E-state index in [2.05, 4.69) is 55.4 Å². The lowest BCUT2D eigenvalue weighted by molar-refractivity contribution is -0.192. The fourth-order valence-corrected chi connectivity index (χ4v) is 26.2. The molecular formula is C80H128O19. The molecule has 19 nitrogen and oxygen atoms in total. The number of hydrogen-bond donors (Lipinski definition) is 2. The third-order valence-electron chi connectivity index (χ3n) is 29.3. The molecule has 0 aromatic carbocycles. The summed E-state index contributed by atoms with van der Waals surface area (Å²) in [5.41, 5.74) is 0. The fraction of sp³-hybridized carbons (Fsp3) is 0.938. The summed E-state index contributed by atoms with van der Waals surface area (Å²) in [5, 5.41) is 20.9. The van der Waals surface area contributed by atoms with E-state index in [9.17, 15) is 34.2 Å². The minimum absolute atomic E-state index is 0.00763. The number of esters is 4. The molecule has 16 aliphatic rings. The van der Waals surface area contributed by atoms with Crippen molar-refractivity contribution in [3.05, 3.63) is 0 Å². The van der Waals surface area contributed by atoms with Crippen LogP contribution < -0.4 is 0 Å². The van der Waals surface area contributed by atoms with Crippen molar-refractivity contribution < 1.29 is 91.0 Å². The molecule has 12 saturated carbocycles. The highest BCUT2D eigenvalue weighted by atomic mass is 16.7. The van der Waals surface area contributed by atoms with Crippen molar-refractivity contribution in [1.29, 1.82) is 0 Å². The molecule has 562 valence electrons. The molecule has 4 heterocycles. The van der Waals surface area contributed by atoms with Gasteiger partial charge in [0, 0.05) is 39.6 Å². The Morgan fingerprint density at radius 1 is 0.434 bits per heavy atom. The van der Waals surface area contributed by atoms with Crippen LogP contribution in [0.5, 0.6) is 0 Å². The van der Waals surface area contributed by atoms with Gasteiger partial charge in [0.1, 0.15) is 5.78 Å².